The highest BCUT2D eigenvalue weighted by Crippen LogP contribution is 2.13. The summed E-state index contributed by atoms with van der Waals surface area (Å²) in [6, 6.07) is 0. The first-order chi connectivity index (χ1) is 11.2. The van der Waals surface area contributed by atoms with Crippen molar-refractivity contribution in [3.05, 3.63) is 12.4 Å². The lowest BCUT2D eigenvalue weighted by Crippen LogP contribution is -3.03. The third-order valence-corrected chi connectivity index (χ3v) is 4.77. The zero-order valence-corrected chi connectivity index (χ0v) is 16.8. The first-order valence-electron chi connectivity index (χ1n) is 10.0. The van der Waals surface area contributed by atoms with Crippen LogP contribution in [0.2, 0.25) is 0 Å². The van der Waals surface area contributed by atoms with Gasteiger partial charge in [-0.1, -0.05) is 84.0 Å². The van der Waals surface area contributed by atoms with Gasteiger partial charge in [0.25, 0.3) is 0 Å². The van der Waals surface area contributed by atoms with E-state index in [2.05, 4.69) is 14.0 Å². The molecule has 0 spiro atoms. The van der Waals surface area contributed by atoms with Crippen molar-refractivity contribution in [1.29, 1.82) is 0 Å². The molecular formula is C20H39ClN2O. The Labute approximate surface area is 156 Å². The second-order valence-electron chi connectivity index (χ2n) is 7.18. The third-order valence-electron chi connectivity index (χ3n) is 4.77. The van der Waals surface area contributed by atoms with Crippen molar-refractivity contribution < 1.29 is 22.1 Å². The van der Waals surface area contributed by atoms with Crippen LogP contribution in [0.4, 0.5) is 0 Å². The maximum absolute atomic E-state index is 12.0. The van der Waals surface area contributed by atoms with E-state index < -0.39 is 0 Å². The van der Waals surface area contributed by atoms with Crippen molar-refractivity contribution in [2.75, 3.05) is 13.7 Å². The molecule has 142 valence electrons. The van der Waals surface area contributed by atoms with Gasteiger partial charge in [-0.05, 0) is 6.42 Å². The topological polar surface area (TPSA) is 24.8 Å². The van der Waals surface area contributed by atoms with Crippen LogP contribution >= 0.6 is 0 Å². The minimum atomic E-state index is 0. The molecule has 0 saturated carbocycles. The molecule has 1 aliphatic heterocycles. The zero-order chi connectivity index (χ0) is 16.8. The molecule has 1 aliphatic rings. The van der Waals surface area contributed by atoms with Crippen molar-refractivity contribution in [1.82, 2.24) is 4.90 Å². The van der Waals surface area contributed by atoms with E-state index in [0.717, 1.165) is 19.5 Å². The zero-order valence-electron chi connectivity index (χ0n) is 16.0. The fourth-order valence-electron chi connectivity index (χ4n) is 3.20. The van der Waals surface area contributed by atoms with Gasteiger partial charge in [-0.2, -0.15) is 0 Å². The molecule has 0 aliphatic carbocycles. The lowest BCUT2D eigenvalue weighted by molar-refractivity contribution is -0.825. The summed E-state index contributed by atoms with van der Waals surface area (Å²) in [6.45, 7) is 3.08. The number of hydrogen-bond donors (Lipinski definition) is 1. The molecular weight excluding hydrogens is 320 g/mol. The van der Waals surface area contributed by atoms with Gasteiger partial charge in [0, 0.05) is 6.42 Å². The first kappa shape index (κ1) is 23.5. The number of hydrogen-bond acceptors (Lipinski definition) is 1. The maximum atomic E-state index is 12.0. The van der Waals surface area contributed by atoms with Gasteiger partial charge in [0.15, 0.2) is 6.67 Å². The van der Waals surface area contributed by atoms with Gasteiger partial charge in [0.2, 0.25) is 5.91 Å². The van der Waals surface area contributed by atoms with E-state index in [1.54, 1.807) is 0 Å². The van der Waals surface area contributed by atoms with E-state index in [0.29, 0.717) is 5.91 Å². The molecule has 0 aromatic rings. The number of rotatable bonds is 14. The Morgan fingerprint density at radius 3 is 1.75 bits per heavy atom. The molecule has 1 heterocycles. The van der Waals surface area contributed by atoms with Crippen molar-refractivity contribution in [3.8, 4) is 0 Å². The van der Waals surface area contributed by atoms with Gasteiger partial charge in [0.1, 0.15) is 6.20 Å². The molecule has 1 atom stereocenters. The van der Waals surface area contributed by atoms with E-state index in [1.807, 2.05) is 17.3 Å². The standard InChI is InChI=1S/C20H38N2O.ClH/c1-3-4-5-6-7-8-9-10-11-12-13-14-15-16-20(23)22-18-17-21(2)19-22;/h17-18H,3-16,19H2,1-2H3;1H. The van der Waals surface area contributed by atoms with Crippen molar-refractivity contribution in [2.45, 2.75) is 96.8 Å². The third kappa shape index (κ3) is 11.9. The predicted octanol–water partition coefficient (Wildman–Crippen LogP) is 1.26. The van der Waals surface area contributed by atoms with Crippen LogP contribution in [-0.4, -0.2) is 24.5 Å². The molecule has 0 radical (unpaired) electrons. The van der Waals surface area contributed by atoms with Gasteiger partial charge >= 0.3 is 0 Å². The molecule has 0 aromatic heterocycles. The lowest BCUT2D eigenvalue weighted by atomic mass is 10.0. The van der Waals surface area contributed by atoms with Crippen LogP contribution in [0.25, 0.3) is 0 Å². The predicted molar refractivity (Wildman–Crippen MR) is 98.1 cm³/mol. The van der Waals surface area contributed by atoms with Crippen LogP contribution < -0.4 is 17.3 Å². The Morgan fingerprint density at radius 1 is 0.875 bits per heavy atom. The molecule has 3 nitrogen and oxygen atoms in total. The van der Waals surface area contributed by atoms with E-state index in [9.17, 15) is 4.79 Å². The van der Waals surface area contributed by atoms with Crippen LogP contribution in [0.3, 0.4) is 0 Å². The summed E-state index contributed by atoms with van der Waals surface area (Å²) in [5, 5.41) is 0. The molecule has 0 saturated heterocycles. The number of halogens is 1. The summed E-state index contributed by atoms with van der Waals surface area (Å²) >= 11 is 0. The monoisotopic (exact) mass is 358 g/mol. The van der Waals surface area contributed by atoms with Crippen LogP contribution in [0.15, 0.2) is 12.4 Å². The Morgan fingerprint density at radius 2 is 1.33 bits per heavy atom. The van der Waals surface area contributed by atoms with Gasteiger partial charge in [-0.25, -0.2) is 0 Å². The number of amides is 1. The van der Waals surface area contributed by atoms with Crippen molar-refractivity contribution >= 4 is 5.91 Å². The highest BCUT2D eigenvalue weighted by Gasteiger charge is 2.18. The molecule has 1 N–H and O–H groups in total. The smallest absolute Gasteiger partial charge is 0.231 e. The molecule has 1 amide bonds. The Hall–Kier alpha value is -0.540. The normalized spacial score (nSPS) is 16.4. The minimum absolute atomic E-state index is 0. The number of nitrogens with one attached hydrogen (secondary N) is 1. The van der Waals surface area contributed by atoms with Crippen molar-refractivity contribution in [3.63, 3.8) is 0 Å². The molecule has 4 heteroatoms. The number of nitrogens with zero attached hydrogens (tertiary/aromatic N) is 1. The fraction of sp³-hybridized carbons (Fsp3) is 0.850. The number of carbonyl (C=O) groups excluding carboxylic acids is 1. The Balaban J connectivity index is 0.00000529. The molecule has 1 rings (SSSR count). The van der Waals surface area contributed by atoms with Crippen LogP contribution in [-0.2, 0) is 4.79 Å². The summed E-state index contributed by atoms with van der Waals surface area (Å²) in [5.41, 5.74) is 0. The van der Waals surface area contributed by atoms with Gasteiger partial charge in [0.05, 0.1) is 13.2 Å². The quantitative estimate of drug-likeness (QED) is 0.464. The van der Waals surface area contributed by atoms with Gasteiger partial charge in [-0.15, -0.1) is 0 Å². The van der Waals surface area contributed by atoms with Crippen molar-refractivity contribution in [2.24, 2.45) is 0 Å². The summed E-state index contributed by atoms with van der Waals surface area (Å²) in [6.07, 6.45) is 22.3. The SMILES string of the molecule is CCCCCCCCCCCCCCCC(=O)N1C=C[NH+](C)C1.[Cl-]. The van der Waals surface area contributed by atoms with E-state index in [1.165, 1.54) is 81.9 Å². The summed E-state index contributed by atoms with van der Waals surface area (Å²) in [5.74, 6) is 0.293. The lowest BCUT2D eigenvalue weighted by Gasteiger charge is -2.12. The highest BCUT2D eigenvalue weighted by molar-refractivity contribution is 5.77. The minimum Gasteiger partial charge on any atom is -1.00 e. The molecule has 1 unspecified atom stereocenters. The van der Waals surface area contributed by atoms with E-state index >= 15 is 0 Å². The summed E-state index contributed by atoms with van der Waals surface area (Å²) in [4.78, 5) is 15.1. The average molecular weight is 359 g/mol. The second-order valence-corrected chi connectivity index (χ2v) is 7.18. The maximum Gasteiger partial charge on any atom is 0.231 e. The van der Waals surface area contributed by atoms with Crippen LogP contribution in [0.1, 0.15) is 96.8 Å². The number of quaternary nitrogens is 1. The Kier molecular flexibility index (Phi) is 15.6. The molecule has 0 aromatic carbocycles. The second kappa shape index (κ2) is 16.0. The van der Waals surface area contributed by atoms with Crippen LogP contribution in [0.5, 0.6) is 0 Å². The van der Waals surface area contributed by atoms with Gasteiger partial charge in [-0.3, -0.25) is 14.6 Å². The Bertz CT molecular complexity index is 334. The van der Waals surface area contributed by atoms with Crippen LogP contribution in [0, 0.1) is 0 Å². The molecule has 24 heavy (non-hydrogen) atoms. The number of unbranched alkanes of at least 4 members (excludes halogenated alkanes) is 12. The number of carbonyl (C=O) groups is 1. The molecule has 0 bridgehead atoms. The largest absolute Gasteiger partial charge is 1.00 e. The fourth-order valence-corrected chi connectivity index (χ4v) is 3.20. The highest BCUT2D eigenvalue weighted by atomic mass is 35.5. The average Bonchev–Trinajstić information content (AvgIpc) is 2.98. The summed E-state index contributed by atoms with van der Waals surface area (Å²) < 4.78 is 0. The molecule has 0 fully saturated rings. The van der Waals surface area contributed by atoms with Gasteiger partial charge < -0.3 is 12.4 Å². The van der Waals surface area contributed by atoms with E-state index in [4.69, 9.17) is 0 Å². The van der Waals surface area contributed by atoms with E-state index in [-0.39, 0.29) is 12.4 Å². The first-order valence-corrected chi connectivity index (χ1v) is 10.0. The summed E-state index contributed by atoms with van der Waals surface area (Å²) in [7, 11) is 2.08.